The smallest absolute Gasteiger partial charge is 0.0771 e. The number of unbranched alkanes of at least 4 members (excludes halogenated alkanes) is 1. The monoisotopic (exact) mass is 329 g/mol. The molecule has 5 heteroatoms. The summed E-state index contributed by atoms with van der Waals surface area (Å²) in [6, 6.07) is 9.52. The number of hydrogen-bond donors (Lipinski definition) is 3. The van der Waals surface area contributed by atoms with Gasteiger partial charge in [-0.25, -0.2) is 0 Å². The van der Waals surface area contributed by atoms with Gasteiger partial charge >= 0.3 is 0 Å². The second-order valence-corrected chi connectivity index (χ2v) is 6.03. The fourth-order valence-electron chi connectivity index (χ4n) is 2.50. The van der Waals surface area contributed by atoms with Gasteiger partial charge in [0.05, 0.1) is 30.1 Å². The van der Waals surface area contributed by atoms with Gasteiger partial charge in [0.1, 0.15) is 0 Å². The second kappa shape index (κ2) is 10.1. The van der Waals surface area contributed by atoms with Gasteiger partial charge in [0.25, 0.3) is 0 Å². The van der Waals surface area contributed by atoms with Gasteiger partial charge in [0.2, 0.25) is 0 Å². The zero-order valence-corrected chi connectivity index (χ0v) is 14.2. The summed E-state index contributed by atoms with van der Waals surface area (Å²) in [5.74, 6) is 0. The van der Waals surface area contributed by atoms with Crippen LogP contribution in [0, 0.1) is 0 Å². The van der Waals surface area contributed by atoms with Gasteiger partial charge in [-0.3, -0.25) is 9.97 Å². The Morgan fingerprint density at radius 3 is 2.42 bits per heavy atom. The average molecular weight is 329 g/mol. The highest BCUT2D eigenvalue weighted by atomic mass is 16.3. The number of nitrogens with zero attached hydrogens (tertiary/aromatic N) is 2. The van der Waals surface area contributed by atoms with Crippen molar-refractivity contribution in [3.05, 3.63) is 59.7 Å². The molecule has 130 valence electrons. The summed E-state index contributed by atoms with van der Waals surface area (Å²) in [7, 11) is 0. The van der Waals surface area contributed by atoms with Crippen molar-refractivity contribution in [3.63, 3.8) is 0 Å². The van der Waals surface area contributed by atoms with Crippen molar-refractivity contribution < 1.29 is 10.2 Å². The van der Waals surface area contributed by atoms with E-state index in [0.29, 0.717) is 13.0 Å². The van der Waals surface area contributed by atoms with Crippen LogP contribution in [0.25, 0.3) is 0 Å². The van der Waals surface area contributed by atoms with Crippen LogP contribution in [0.3, 0.4) is 0 Å². The molecule has 5 nitrogen and oxygen atoms in total. The van der Waals surface area contributed by atoms with Crippen molar-refractivity contribution in [2.24, 2.45) is 0 Å². The van der Waals surface area contributed by atoms with Gasteiger partial charge in [-0.2, -0.15) is 0 Å². The summed E-state index contributed by atoms with van der Waals surface area (Å²) in [6.07, 6.45) is 6.33. The first kappa shape index (κ1) is 18.5. The van der Waals surface area contributed by atoms with Gasteiger partial charge in [0, 0.05) is 25.4 Å². The van der Waals surface area contributed by atoms with E-state index in [1.165, 1.54) is 0 Å². The Morgan fingerprint density at radius 2 is 1.79 bits per heavy atom. The van der Waals surface area contributed by atoms with Crippen molar-refractivity contribution in [3.8, 4) is 0 Å². The van der Waals surface area contributed by atoms with E-state index >= 15 is 0 Å². The number of benzene rings is 1. The first-order valence-corrected chi connectivity index (χ1v) is 8.59. The van der Waals surface area contributed by atoms with Gasteiger partial charge < -0.3 is 15.5 Å². The van der Waals surface area contributed by atoms with Crippen molar-refractivity contribution in [2.45, 2.75) is 51.3 Å². The molecule has 0 radical (unpaired) electrons. The minimum absolute atomic E-state index is 0.129. The first-order chi connectivity index (χ1) is 11.7. The maximum atomic E-state index is 10.4. The maximum absolute atomic E-state index is 10.4. The SMILES string of the molecule is CCCCc1cnc(C[C@@H](O)[C@H](CO)NCc2ccccc2)cn1. The lowest BCUT2D eigenvalue weighted by Gasteiger charge is -2.22. The van der Waals surface area contributed by atoms with E-state index in [1.54, 1.807) is 12.4 Å². The molecule has 1 heterocycles. The topological polar surface area (TPSA) is 78.3 Å². The van der Waals surface area contributed by atoms with Crippen LogP contribution in [-0.2, 0) is 19.4 Å². The van der Waals surface area contributed by atoms with Gasteiger partial charge in [-0.1, -0.05) is 43.7 Å². The van der Waals surface area contributed by atoms with Crippen molar-refractivity contribution in [2.75, 3.05) is 6.61 Å². The van der Waals surface area contributed by atoms with Crippen LogP contribution >= 0.6 is 0 Å². The summed E-state index contributed by atoms with van der Waals surface area (Å²) < 4.78 is 0. The molecule has 0 bridgehead atoms. The highest BCUT2D eigenvalue weighted by Gasteiger charge is 2.19. The first-order valence-electron chi connectivity index (χ1n) is 8.59. The van der Waals surface area contributed by atoms with Crippen LogP contribution < -0.4 is 5.32 Å². The summed E-state index contributed by atoms with van der Waals surface area (Å²) in [6.45, 7) is 2.62. The zero-order chi connectivity index (χ0) is 17.2. The summed E-state index contributed by atoms with van der Waals surface area (Å²) in [5.41, 5.74) is 2.84. The Hall–Kier alpha value is -1.82. The van der Waals surface area contributed by atoms with E-state index in [-0.39, 0.29) is 6.61 Å². The number of aliphatic hydroxyl groups excluding tert-OH is 2. The summed E-state index contributed by atoms with van der Waals surface area (Å²) in [4.78, 5) is 8.77. The van der Waals surface area contributed by atoms with Crippen molar-refractivity contribution in [1.82, 2.24) is 15.3 Å². The third-order valence-electron chi connectivity index (χ3n) is 4.04. The molecule has 0 aliphatic heterocycles. The van der Waals surface area contributed by atoms with Crippen LogP contribution in [0.1, 0.15) is 36.7 Å². The fourth-order valence-corrected chi connectivity index (χ4v) is 2.50. The highest BCUT2D eigenvalue weighted by molar-refractivity contribution is 5.14. The van der Waals surface area contributed by atoms with Crippen molar-refractivity contribution >= 4 is 0 Å². The maximum Gasteiger partial charge on any atom is 0.0771 e. The van der Waals surface area contributed by atoms with Crippen LogP contribution in [0.5, 0.6) is 0 Å². The van der Waals surface area contributed by atoms with E-state index in [9.17, 15) is 10.2 Å². The average Bonchev–Trinajstić information content (AvgIpc) is 2.62. The molecular weight excluding hydrogens is 302 g/mol. The highest BCUT2D eigenvalue weighted by Crippen LogP contribution is 2.07. The molecular formula is C19H27N3O2. The minimum Gasteiger partial charge on any atom is -0.395 e. The van der Waals surface area contributed by atoms with Crippen LogP contribution in [-0.4, -0.2) is 38.9 Å². The van der Waals surface area contributed by atoms with E-state index in [0.717, 1.165) is 36.2 Å². The van der Waals surface area contributed by atoms with E-state index in [2.05, 4.69) is 22.2 Å². The van der Waals surface area contributed by atoms with E-state index in [1.807, 2.05) is 30.3 Å². The Morgan fingerprint density at radius 1 is 1.08 bits per heavy atom. The van der Waals surface area contributed by atoms with Crippen LogP contribution in [0.2, 0.25) is 0 Å². The van der Waals surface area contributed by atoms with E-state index < -0.39 is 12.1 Å². The zero-order valence-electron chi connectivity index (χ0n) is 14.2. The molecule has 3 N–H and O–H groups in total. The number of rotatable bonds is 10. The molecule has 0 unspecified atom stereocenters. The van der Waals surface area contributed by atoms with Crippen LogP contribution in [0.15, 0.2) is 42.7 Å². The molecule has 2 atom stereocenters. The van der Waals surface area contributed by atoms with Crippen LogP contribution in [0.4, 0.5) is 0 Å². The number of hydrogen-bond acceptors (Lipinski definition) is 5. The molecule has 24 heavy (non-hydrogen) atoms. The van der Waals surface area contributed by atoms with E-state index in [4.69, 9.17) is 0 Å². The molecule has 0 aliphatic rings. The molecule has 0 spiro atoms. The quantitative estimate of drug-likeness (QED) is 0.620. The summed E-state index contributed by atoms with van der Waals surface area (Å²) >= 11 is 0. The Labute approximate surface area is 143 Å². The molecule has 2 aromatic rings. The van der Waals surface area contributed by atoms with Gasteiger partial charge in [0.15, 0.2) is 0 Å². The number of nitrogens with one attached hydrogen (secondary N) is 1. The second-order valence-electron chi connectivity index (χ2n) is 6.03. The fraction of sp³-hybridized carbons (Fsp3) is 0.474. The third kappa shape index (κ3) is 6.00. The lowest BCUT2D eigenvalue weighted by atomic mass is 10.1. The molecule has 0 saturated carbocycles. The Balaban J connectivity index is 1.85. The Kier molecular flexibility index (Phi) is 7.82. The molecule has 0 saturated heterocycles. The predicted octanol–water partition coefficient (Wildman–Crippen LogP) is 1.87. The number of aromatic nitrogens is 2. The molecule has 0 aliphatic carbocycles. The largest absolute Gasteiger partial charge is 0.395 e. The lowest BCUT2D eigenvalue weighted by Crippen LogP contribution is -2.43. The molecule has 0 fully saturated rings. The normalized spacial score (nSPS) is 13.6. The molecule has 2 rings (SSSR count). The minimum atomic E-state index is -0.713. The molecule has 0 amide bonds. The molecule has 1 aromatic carbocycles. The molecule has 1 aromatic heterocycles. The number of aryl methyl sites for hydroxylation is 1. The van der Waals surface area contributed by atoms with Gasteiger partial charge in [-0.05, 0) is 18.4 Å². The summed E-state index contributed by atoms with van der Waals surface area (Å²) in [5, 5.41) is 23.1. The number of aliphatic hydroxyl groups is 2. The predicted molar refractivity (Wildman–Crippen MR) is 94.5 cm³/mol. The van der Waals surface area contributed by atoms with Crippen molar-refractivity contribution in [1.29, 1.82) is 0 Å². The lowest BCUT2D eigenvalue weighted by molar-refractivity contribution is 0.0885. The third-order valence-corrected chi connectivity index (χ3v) is 4.04. The van der Waals surface area contributed by atoms with Gasteiger partial charge in [-0.15, -0.1) is 0 Å². The standard InChI is InChI=1S/C19H27N3O2/c1-2-3-9-16-12-21-17(13-20-16)10-19(24)18(14-23)22-11-15-7-5-4-6-8-15/h4-8,12-13,18-19,22-24H,2-3,9-11,14H2,1H3/t18-,19+/m0/s1. The Bertz CT molecular complexity index is 575.